The lowest BCUT2D eigenvalue weighted by Gasteiger charge is -2.26. The molecule has 0 atom stereocenters. The number of para-hydroxylation sites is 1. The van der Waals surface area contributed by atoms with Crippen LogP contribution in [0.5, 0.6) is 5.75 Å². The summed E-state index contributed by atoms with van der Waals surface area (Å²) in [6.07, 6.45) is 0. The third-order valence-electron chi connectivity index (χ3n) is 3.67. The van der Waals surface area contributed by atoms with Gasteiger partial charge in [-0.15, -0.1) is 0 Å². The maximum Gasteiger partial charge on any atom is 0.258 e. The fourth-order valence-electron chi connectivity index (χ4n) is 2.35. The molecule has 0 aliphatic heterocycles. The van der Waals surface area contributed by atoms with E-state index in [4.69, 9.17) is 22.1 Å². The van der Waals surface area contributed by atoms with E-state index in [1.54, 1.807) is 30.3 Å². The van der Waals surface area contributed by atoms with Crippen LogP contribution in [0.1, 0.15) is 29.8 Å². The summed E-state index contributed by atoms with van der Waals surface area (Å²) in [6.45, 7) is 3.75. The number of hydrogen-bond donors (Lipinski definition) is 1. The number of carbonyl (C=O) groups excluding carboxylic acids is 2. The molecule has 2 rings (SSSR count). The van der Waals surface area contributed by atoms with E-state index in [0.717, 1.165) is 5.56 Å². The number of nitrogens with two attached hydrogens (primary N) is 1. The van der Waals surface area contributed by atoms with Crippen molar-refractivity contribution in [2.45, 2.75) is 26.5 Å². The second-order valence-electron chi connectivity index (χ2n) is 5.87. The van der Waals surface area contributed by atoms with E-state index in [0.29, 0.717) is 16.3 Å². The lowest BCUT2D eigenvalue weighted by molar-refractivity contribution is -0.119. The van der Waals surface area contributed by atoms with Gasteiger partial charge in [-0.25, -0.2) is 0 Å². The Bertz CT molecular complexity index is 762. The van der Waals surface area contributed by atoms with Crippen LogP contribution >= 0.6 is 11.6 Å². The summed E-state index contributed by atoms with van der Waals surface area (Å²) < 4.78 is 5.81. The Morgan fingerprint density at radius 3 is 2.40 bits per heavy atom. The molecule has 2 aromatic carbocycles. The summed E-state index contributed by atoms with van der Waals surface area (Å²) in [5.41, 5.74) is 6.46. The van der Waals surface area contributed by atoms with E-state index in [2.05, 4.69) is 0 Å². The third kappa shape index (κ3) is 4.97. The number of benzene rings is 2. The number of nitrogens with zero attached hydrogens (tertiary/aromatic N) is 1. The van der Waals surface area contributed by atoms with Gasteiger partial charge in [0.15, 0.2) is 0 Å². The zero-order valence-corrected chi connectivity index (χ0v) is 15.0. The van der Waals surface area contributed by atoms with E-state index in [-0.39, 0.29) is 25.1 Å². The second kappa shape index (κ2) is 8.53. The minimum Gasteiger partial charge on any atom is -0.488 e. The first-order valence-corrected chi connectivity index (χ1v) is 8.32. The van der Waals surface area contributed by atoms with Gasteiger partial charge in [0.1, 0.15) is 12.4 Å². The van der Waals surface area contributed by atoms with Gasteiger partial charge in [-0.3, -0.25) is 9.59 Å². The van der Waals surface area contributed by atoms with Crippen LogP contribution in [0.3, 0.4) is 0 Å². The van der Waals surface area contributed by atoms with Crippen molar-refractivity contribution >= 4 is 23.4 Å². The Hall–Kier alpha value is -2.53. The third-order valence-corrected chi connectivity index (χ3v) is 4.04. The molecular weight excluding hydrogens is 340 g/mol. The molecule has 25 heavy (non-hydrogen) atoms. The highest BCUT2D eigenvalue weighted by atomic mass is 35.5. The first-order valence-electron chi connectivity index (χ1n) is 7.94. The Kier molecular flexibility index (Phi) is 6.42. The molecule has 0 heterocycles. The number of carbonyl (C=O) groups is 2. The van der Waals surface area contributed by atoms with E-state index in [1.807, 2.05) is 32.0 Å². The summed E-state index contributed by atoms with van der Waals surface area (Å²) in [5.74, 6) is -0.428. The average Bonchev–Trinajstić information content (AvgIpc) is 2.58. The van der Waals surface area contributed by atoms with Crippen molar-refractivity contribution < 1.29 is 14.3 Å². The van der Waals surface area contributed by atoms with Gasteiger partial charge >= 0.3 is 0 Å². The maximum atomic E-state index is 12.8. The van der Waals surface area contributed by atoms with Gasteiger partial charge in [-0.2, -0.15) is 0 Å². The van der Waals surface area contributed by atoms with Gasteiger partial charge < -0.3 is 15.4 Å². The average molecular weight is 361 g/mol. The van der Waals surface area contributed by atoms with Crippen molar-refractivity contribution in [2.75, 3.05) is 6.54 Å². The zero-order valence-electron chi connectivity index (χ0n) is 14.2. The molecule has 2 amide bonds. The molecule has 2 aromatic rings. The molecule has 132 valence electrons. The number of ether oxygens (including phenoxy) is 1. The number of amides is 2. The number of hydrogen-bond acceptors (Lipinski definition) is 3. The fraction of sp³-hybridized carbons (Fsp3) is 0.263. The maximum absolute atomic E-state index is 12.8. The quantitative estimate of drug-likeness (QED) is 0.823. The van der Waals surface area contributed by atoms with Crippen LogP contribution in [0.25, 0.3) is 0 Å². The van der Waals surface area contributed by atoms with Crippen molar-refractivity contribution in [2.24, 2.45) is 5.73 Å². The molecule has 2 N–H and O–H groups in total. The molecule has 0 aliphatic carbocycles. The molecule has 0 bridgehead atoms. The minimum absolute atomic E-state index is 0.144. The molecular formula is C19H21ClN2O3. The van der Waals surface area contributed by atoms with Crippen LogP contribution in [0.2, 0.25) is 5.02 Å². The molecule has 0 fully saturated rings. The summed E-state index contributed by atoms with van der Waals surface area (Å²) >= 11 is 6.14. The molecule has 0 unspecified atom stereocenters. The van der Waals surface area contributed by atoms with Crippen LogP contribution in [0.15, 0.2) is 48.5 Å². The van der Waals surface area contributed by atoms with Crippen LogP contribution < -0.4 is 10.5 Å². The largest absolute Gasteiger partial charge is 0.488 e. The Balaban J connectivity index is 2.23. The molecule has 0 aliphatic rings. The highest BCUT2D eigenvalue weighted by Gasteiger charge is 2.23. The van der Waals surface area contributed by atoms with Crippen molar-refractivity contribution in [1.82, 2.24) is 4.90 Å². The summed E-state index contributed by atoms with van der Waals surface area (Å²) in [7, 11) is 0. The Labute approximate surface area is 152 Å². The van der Waals surface area contributed by atoms with Gasteiger partial charge in [0.05, 0.1) is 12.1 Å². The highest BCUT2D eigenvalue weighted by Crippen LogP contribution is 2.23. The van der Waals surface area contributed by atoms with Gasteiger partial charge in [0, 0.05) is 16.6 Å². The van der Waals surface area contributed by atoms with Crippen LogP contribution in [0, 0.1) is 0 Å². The van der Waals surface area contributed by atoms with Crippen molar-refractivity contribution in [1.29, 1.82) is 0 Å². The van der Waals surface area contributed by atoms with Crippen LogP contribution in [-0.2, 0) is 11.4 Å². The van der Waals surface area contributed by atoms with Crippen molar-refractivity contribution in [3.63, 3.8) is 0 Å². The van der Waals surface area contributed by atoms with Crippen molar-refractivity contribution in [3.05, 3.63) is 64.7 Å². The van der Waals surface area contributed by atoms with Gasteiger partial charge in [-0.1, -0.05) is 41.9 Å². The number of halogens is 1. The first kappa shape index (κ1) is 18.8. The standard InChI is InChI=1S/C19H21ClN2O3/c1-13(2)22(11-18(21)23)19(24)15-8-4-6-10-17(15)25-12-14-7-3-5-9-16(14)20/h3-10,13H,11-12H2,1-2H3,(H2,21,23). The van der Waals surface area contributed by atoms with Crippen LogP contribution in [0.4, 0.5) is 0 Å². The van der Waals surface area contributed by atoms with Gasteiger partial charge in [0.25, 0.3) is 5.91 Å². The molecule has 0 saturated carbocycles. The monoisotopic (exact) mass is 360 g/mol. The summed E-state index contributed by atoms with van der Waals surface area (Å²) in [6, 6.07) is 14.1. The zero-order chi connectivity index (χ0) is 18.4. The van der Waals surface area contributed by atoms with Gasteiger partial charge in [0.2, 0.25) is 5.91 Å². The first-order chi connectivity index (χ1) is 11.9. The lowest BCUT2D eigenvalue weighted by atomic mass is 10.1. The molecule has 6 heteroatoms. The molecule has 5 nitrogen and oxygen atoms in total. The lowest BCUT2D eigenvalue weighted by Crippen LogP contribution is -2.42. The molecule has 0 aromatic heterocycles. The second-order valence-corrected chi connectivity index (χ2v) is 6.28. The Morgan fingerprint density at radius 2 is 1.76 bits per heavy atom. The fourth-order valence-corrected chi connectivity index (χ4v) is 2.54. The van der Waals surface area contributed by atoms with Crippen molar-refractivity contribution in [3.8, 4) is 5.75 Å². The molecule has 0 spiro atoms. The van der Waals surface area contributed by atoms with E-state index in [9.17, 15) is 9.59 Å². The highest BCUT2D eigenvalue weighted by molar-refractivity contribution is 6.31. The molecule has 0 saturated heterocycles. The van der Waals surface area contributed by atoms with E-state index >= 15 is 0 Å². The minimum atomic E-state index is -0.559. The van der Waals surface area contributed by atoms with E-state index in [1.165, 1.54) is 4.90 Å². The van der Waals surface area contributed by atoms with E-state index < -0.39 is 5.91 Å². The Morgan fingerprint density at radius 1 is 1.12 bits per heavy atom. The predicted molar refractivity (Wildman–Crippen MR) is 97.6 cm³/mol. The van der Waals surface area contributed by atoms with Crippen LogP contribution in [-0.4, -0.2) is 29.3 Å². The topological polar surface area (TPSA) is 72.6 Å². The summed E-state index contributed by atoms with van der Waals surface area (Å²) in [4.78, 5) is 25.5. The predicted octanol–water partition coefficient (Wildman–Crippen LogP) is 3.25. The molecule has 0 radical (unpaired) electrons. The SMILES string of the molecule is CC(C)N(CC(N)=O)C(=O)c1ccccc1OCc1ccccc1Cl. The smallest absolute Gasteiger partial charge is 0.258 e. The number of rotatable bonds is 7. The van der Waals surface area contributed by atoms with Gasteiger partial charge in [-0.05, 0) is 32.0 Å². The number of primary amides is 1. The normalized spacial score (nSPS) is 10.6. The summed E-state index contributed by atoms with van der Waals surface area (Å²) in [5, 5.41) is 0.601.